The molecule has 0 aromatic carbocycles. The van der Waals surface area contributed by atoms with E-state index >= 15 is 0 Å². The summed E-state index contributed by atoms with van der Waals surface area (Å²) in [5.41, 5.74) is 0. The fraction of sp³-hybridized carbons (Fsp3) is 0.667. The molecule has 78 valence electrons. The fourth-order valence-electron chi connectivity index (χ4n) is 1.07. The zero-order valence-electron chi connectivity index (χ0n) is 9.03. The third-order valence-electron chi connectivity index (χ3n) is 2.36. The lowest BCUT2D eigenvalue weighted by Crippen LogP contribution is -2.35. The van der Waals surface area contributed by atoms with Crippen molar-refractivity contribution in [3.8, 4) is 0 Å². The van der Waals surface area contributed by atoms with Crippen LogP contribution in [-0.4, -0.2) is 39.1 Å². The van der Waals surface area contributed by atoms with Crippen LogP contribution in [0.2, 0.25) is 0 Å². The van der Waals surface area contributed by atoms with Crippen molar-refractivity contribution in [2.75, 3.05) is 7.05 Å². The second-order valence-corrected chi connectivity index (χ2v) is 3.42. The molecule has 0 spiro atoms. The van der Waals surface area contributed by atoms with E-state index in [1.165, 1.54) is 0 Å². The summed E-state index contributed by atoms with van der Waals surface area (Å²) in [4.78, 5) is 17.4. The predicted octanol–water partition coefficient (Wildman–Crippen LogP) is 0.984. The summed E-state index contributed by atoms with van der Waals surface area (Å²) in [6.45, 7) is 5.81. The first-order chi connectivity index (χ1) is 6.56. The van der Waals surface area contributed by atoms with Gasteiger partial charge in [-0.05, 0) is 20.3 Å². The molecule has 1 aromatic rings. The molecule has 0 bridgehead atoms. The van der Waals surface area contributed by atoms with Gasteiger partial charge in [-0.1, -0.05) is 6.92 Å². The van der Waals surface area contributed by atoms with E-state index in [2.05, 4.69) is 15.2 Å². The molecule has 1 aromatic heterocycles. The second kappa shape index (κ2) is 4.21. The number of hydrogen-bond donors (Lipinski definition) is 1. The maximum absolute atomic E-state index is 11.7. The Morgan fingerprint density at radius 2 is 2.29 bits per heavy atom. The van der Waals surface area contributed by atoms with E-state index in [-0.39, 0.29) is 17.8 Å². The molecule has 5 heteroatoms. The quantitative estimate of drug-likeness (QED) is 0.784. The van der Waals surface area contributed by atoms with E-state index in [4.69, 9.17) is 0 Å². The van der Waals surface area contributed by atoms with Crippen molar-refractivity contribution in [2.24, 2.45) is 0 Å². The van der Waals surface area contributed by atoms with Gasteiger partial charge in [0.25, 0.3) is 5.91 Å². The number of aromatic nitrogens is 3. The van der Waals surface area contributed by atoms with Gasteiger partial charge in [0.2, 0.25) is 5.82 Å². The second-order valence-electron chi connectivity index (χ2n) is 3.42. The monoisotopic (exact) mass is 196 g/mol. The highest BCUT2D eigenvalue weighted by molar-refractivity contribution is 5.90. The SMILES string of the molecule is CCC(C)N(C)C(=O)c1n[nH]c(C)n1. The highest BCUT2D eigenvalue weighted by Gasteiger charge is 2.19. The average molecular weight is 196 g/mol. The lowest BCUT2D eigenvalue weighted by Gasteiger charge is -2.22. The Kier molecular flexibility index (Phi) is 3.22. The number of amides is 1. The minimum absolute atomic E-state index is 0.135. The molecule has 1 unspecified atom stereocenters. The molecule has 0 saturated heterocycles. The van der Waals surface area contributed by atoms with Gasteiger partial charge >= 0.3 is 0 Å². The van der Waals surface area contributed by atoms with Crippen molar-refractivity contribution in [1.82, 2.24) is 20.1 Å². The number of nitrogens with one attached hydrogen (secondary N) is 1. The zero-order valence-corrected chi connectivity index (χ0v) is 9.03. The van der Waals surface area contributed by atoms with E-state index in [0.29, 0.717) is 5.82 Å². The van der Waals surface area contributed by atoms with Crippen LogP contribution >= 0.6 is 0 Å². The molecule has 14 heavy (non-hydrogen) atoms. The highest BCUT2D eigenvalue weighted by Crippen LogP contribution is 2.04. The van der Waals surface area contributed by atoms with Gasteiger partial charge < -0.3 is 4.90 Å². The summed E-state index contributed by atoms with van der Waals surface area (Å²) in [5.74, 6) is 0.764. The van der Waals surface area contributed by atoms with Gasteiger partial charge in [-0.3, -0.25) is 9.89 Å². The van der Waals surface area contributed by atoms with Crippen molar-refractivity contribution < 1.29 is 4.79 Å². The summed E-state index contributed by atoms with van der Waals surface area (Å²) in [6.07, 6.45) is 0.922. The van der Waals surface area contributed by atoms with Crippen LogP contribution in [0.3, 0.4) is 0 Å². The largest absolute Gasteiger partial charge is 0.336 e. The Hall–Kier alpha value is -1.39. The number of H-pyrrole nitrogens is 1. The van der Waals surface area contributed by atoms with E-state index < -0.39 is 0 Å². The smallest absolute Gasteiger partial charge is 0.293 e. The molecule has 0 fully saturated rings. The van der Waals surface area contributed by atoms with Crippen molar-refractivity contribution >= 4 is 5.91 Å². The van der Waals surface area contributed by atoms with Crippen molar-refractivity contribution in [2.45, 2.75) is 33.2 Å². The number of aryl methyl sites for hydroxylation is 1. The third-order valence-corrected chi connectivity index (χ3v) is 2.36. The number of aromatic amines is 1. The molecule has 1 heterocycles. The molecular weight excluding hydrogens is 180 g/mol. The molecule has 0 aliphatic rings. The van der Waals surface area contributed by atoms with Crippen LogP contribution in [0.5, 0.6) is 0 Å². The Labute approximate surface area is 83.5 Å². The van der Waals surface area contributed by atoms with Gasteiger partial charge in [0.1, 0.15) is 5.82 Å². The molecule has 1 rings (SSSR count). The number of nitrogens with zero attached hydrogens (tertiary/aromatic N) is 3. The summed E-state index contributed by atoms with van der Waals surface area (Å²) in [5, 5.41) is 6.48. The van der Waals surface area contributed by atoms with Crippen LogP contribution in [0, 0.1) is 6.92 Å². The van der Waals surface area contributed by atoms with Crippen LogP contribution < -0.4 is 0 Å². The Morgan fingerprint density at radius 3 is 2.71 bits per heavy atom. The summed E-state index contributed by atoms with van der Waals surface area (Å²) < 4.78 is 0. The lowest BCUT2D eigenvalue weighted by molar-refractivity contribution is 0.0728. The maximum Gasteiger partial charge on any atom is 0.293 e. The first-order valence-electron chi connectivity index (χ1n) is 4.72. The van der Waals surface area contributed by atoms with E-state index in [0.717, 1.165) is 6.42 Å². The first kappa shape index (κ1) is 10.7. The molecule has 1 amide bonds. The van der Waals surface area contributed by atoms with Gasteiger partial charge in [-0.25, -0.2) is 4.98 Å². The van der Waals surface area contributed by atoms with Gasteiger partial charge in [0.15, 0.2) is 0 Å². The van der Waals surface area contributed by atoms with E-state index in [1.54, 1.807) is 18.9 Å². The van der Waals surface area contributed by atoms with E-state index in [9.17, 15) is 4.79 Å². The van der Waals surface area contributed by atoms with Crippen LogP contribution in [-0.2, 0) is 0 Å². The molecule has 0 radical (unpaired) electrons. The van der Waals surface area contributed by atoms with Crippen LogP contribution in [0.4, 0.5) is 0 Å². The third kappa shape index (κ3) is 2.10. The van der Waals surface area contributed by atoms with Crippen LogP contribution in [0.25, 0.3) is 0 Å². The van der Waals surface area contributed by atoms with E-state index in [1.807, 2.05) is 13.8 Å². The molecular formula is C9H16N4O. The fourth-order valence-corrected chi connectivity index (χ4v) is 1.07. The summed E-state index contributed by atoms with van der Waals surface area (Å²) in [7, 11) is 1.77. The molecule has 0 saturated carbocycles. The predicted molar refractivity (Wildman–Crippen MR) is 53.0 cm³/mol. The average Bonchev–Trinajstić information content (AvgIpc) is 2.61. The standard InChI is InChI=1S/C9H16N4O/c1-5-6(2)13(4)9(14)8-10-7(3)11-12-8/h6H,5H2,1-4H3,(H,10,11,12). The number of rotatable bonds is 3. The number of carbonyl (C=O) groups is 1. The van der Waals surface area contributed by atoms with Gasteiger partial charge in [-0.15, -0.1) is 5.10 Å². The molecule has 1 N–H and O–H groups in total. The van der Waals surface area contributed by atoms with Gasteiger partial charge in [0.05, 0.1) is 0 Å². The minimum Gasteiger partial charge on any atom is -0.336 e. The summed E-state index contributed by atoms with van der Waals surface area (Å²) in [6, 6.07) is 0.210. The normalized spacial score (nSPS) is 12.6. The minimum atomic E-state index is -0.135. The zero-order chi connectivity index (χ0) is 10.7. The topological polar surface area (TPSA) is 61.9 Å². The lowest BCUT2D eigenvalue weighted by atomic mass is 10.2. The Bertz CT molecular complexity index is 320. The van der Waals surface area contributed by atoms with Crippen molar-refractivity contribution in [3.05, 3.63) is 11.6 Å². The van der Waals surface area contributed by atoms with Crippen molar-refractivity contribution in [1.29, 1.82) is 0 Å². The van der Waals surface area contributed by atoms with Crippen LogP contribution in [0.15, 0.2) is 0 Å². The molecule has 0 aliphatic carbocycles. The number of carbonyl (C=O) groups excluding carboxylic acids is 1. The molecule has 0 aliphatic heterocycles. The van der Waals surface area contributed by atoms with Gasteiger partial charge in [0, 0.05) is 13.1 Å². The van der Waals surface area contributed by atoms with Crippen molar-refractivity contribution in [3.63, 3.8) is 0 Å². The highest BCUT2D eigenvalue weighted by atomic mass is 16.2. The maximum atomic E-state index is 11.7. The first-order valence-corrected chi connectivity index (χ1v) is 4.72. The van der Waals surface area contributed by atoms with Crippen LogP contribution in [0.1, 0.15) is 36.7 Å². The Morgan fingerprint density at radius 1 is 1.64 bits per heavy atom. The Balaban J connectivity index is 2.75. The summed E-state index contributed by atoms with van der Waals surface area (Å²) >= 11 is 0. The number of hydrogen-bond acceptors (Lipinski definition) is 3. The molecule has 1 atom stereocenters. The van der Waals surface area contributed by atoms with Gasteiger partial charge in [-0.2, -0.15) is 0 Å². The molecule has 5 nitrogen and oxygen atoms in total.